The van der Waals surface area contributed by atoms with Crippen LogP contribution in [0.1, 0.15) is 35.2 Å². The Balaban J connectivity index is 1.47. The topological polar surface area (TPSA) is 51.7 Å². The van der Waals surface area contributed by atoms with Crippen LogP contribution in [-0.4, -0.2) is 78.1 Å². The third kappa shape index (κ3) is 8.56. The Morgan fingerprint density at radius 2 is 1.87 bits per heavy atom. The highest BCUT2D eigenvalue weighted by molar-refractivity contribution is 5.81. The Hall–Kier alpha value is -2.86. The van der Waals surface area contributed by atoms with E-state index >= 15 is 0 Å². The molecule has 0 unspecified atom stereocenters. The minimum Gasteiger partial charge on any atom is -0.376 e. The third-order valence-corrected chi connectivity index (χ3v) is 7.09. The number of fused-ring (bicyclic) bond motifs is 1. The van der Waals surface area contributed by atoms with E-state index < -0.39 is 36.9 Å². The maximum absolute atomic E-state index is 13.6. The number of anilines is 1. The van der Waals surface area contributed by atoms with Gasteiger partial charge < -0.3 is 10.2 Å². The van der Waals surface area contributed by atoms with Gasteiger partial charge in [-0.1, -0.05) is 12.1 Å². The first kappa shape index (κ1) is 29.1. The standard InChI is InChI=1S/C27H33F6N5O/c1-36(18-26(28,29)30)12-13-38(17-24-22(27(31,32)33)5-3-10-34-24)25(39)14-35-23-6-2-4-20-9-11-37(16-21(20)23)15-19-7-8-19/h2-6,10,19,35H,7-9,11-18H2,1H3. The lowest BCUT2D eigenvalue weighted by Gasteiger charge is -2.31. The Kier molecular flexibility index (Phi) is 9.05. The van der Waals surface area contributed by atoms with Gasteiger partial charge in [-0.3, -0.25) is 19.6 Å². The number of rotatable bonds is 11. The zero-order chi connectivity index (χ0) is 28.2. The quantitative estimate of drug-likeness (QED) is 0.403. The predicted molar refractivity (Wildman–Crippen MR) is 135 cm³/mol. The van der Waals surface area contributed by atoms with Crippen molar-refractivity contribution in [1.29, 1.82) is 0 Å². The van der Waals surface area contributed by atoms with Gasteiger partial charge in [-0.25, -0.2) is 0 Å². The van der Waals surface area contributed by atoms with E-state index in [4.69, 9.17) is 0 Å². The van der Waals surface area contributed by atoms with Crippen LogP contribution in [0.5, 0.6) is 0 Å². The number of likely N-dealkylation sites (N-methyl/N-ethyl adjacent to an activating group) is 1. The molecule has 2 aliphatic rings. The van der Waals surface area contributed by atoms with Gasteiger partial charge in [0.25, 0.3) is 0 Å². The largest absolute Gasteiger partial charge is 0.418 e. The van der Waals surface area contributed by atoms with Crippen LogP contribution >= 0.6 is 0 Å². The minimum atomic E-state index is -4.68. The molecule has 4 rings (SSSR count). The van der Waals surface area contributed by atoms with Crippen molar-refractivity contribution in [1.82, 2.24) is 19.7 Å². The van der Waals surface area contributed by atoms with E-state index in [1.54, 1.807) is 0 Å². The number of hydrogen-bond acceptors (Lipinski definition) is 5. The van der Waals surface area contributed by atoms with Gasteiger partial charge >= 0.3 is 12.4 Å². The monoisotopic (exact) mass is 557 g/mol. The van der Waals surface area contributed by atoms with Crippen LogP contribution in [0.25, 0.3) is 0 Å². The molecule has 0 atom stereocenters. The van der Waals surface area contributed by atoms with Crippen LogP contribution < -0.4 is 5.32 Å². The van der Waals surface area contributed by atoms with E-state index in [-0.39, 0.29) is 25.3 Å². The normalized spacial score (nSPS) is 16.3. The molecule has 39 heavy (non-hydrogen) atoms. The molecule has 1 N–H and O–H groups in total. The van der Waals surface area contributed by atoms with Gasteiger partial charge in [-0.15, -0.1) is 0 Å². The average Bonchev–Trinajstić information content (AvgIpc) is 3.67. The molecule has 1 amide bonds. The van der Waals surface area contributed by atoms with Crippen molar-refractivity contribution in [3.05, 3.63) is 58.9 Å². The maximum atomic E-state index is 13.6. The lowest BCUT2D eigenvalue weighted by molar-refractivity contribution is -0.144. The first-order chi connectivity index (χ1) is 18.4. The maximum Gasteiger partial charge on any atom is 0.418 e. The van der Waals surface area contributed by atoms with Gasteiger partial charge in [0.15, 0.2) is 0 Å². The highest BCUT2D eigenvalue weighted by Crippen LogP contribution is 2.33. The third-order valence-electron chi connectivity index (χ3n) is 7.09. The Morgan fingerprint density at radius 1 is 1.10 bits per heavy atom. The van der Waals surface area contributed by atoms with Gasteiger partial charge in [-0.2, -0.15) is 26.3 Å². The molecule has 0 bridgehead atoms. The lowest BCUT2D eigenvalue weighted by atomic mass is 9.97. The van der Waals surface area contributed by atoms with Crippen molar-refractivity contribution in [3.8, 4) is 0 Å². The highest BCUT2D eigenvalue weighted by atomic mass is 19.4. The van der Waals surface area contributed by atoms with Gasteiger partial charge in [0.1, 0.15) is 0 Å². The van der Waals surface area contributed by atoms with Gasteiger partial charge in [0.2, 0.25) is 5.91 Å². The van der Waals surface area contributed by atoms with E-state index in [9.17, 15) is 31.1 Å². The highest BCUT2D eigenvalue weighted by Gasteiger charge is 2.35. The Bertz CT molecular complexity index is 1130. The fourth-order valence-electron chi connectivity index (χ4n) is 4.88. The first-order valence-electron chi connectivity index (χ1n) is 13.0. The van der Waals surface area contributed by atoms with Crippen LogP contribution in [0.3, 0.4) is 0 Å². The van der Waals surface area contributed by atoms with E-state index in [1.807, 2.05) is 12.1 Å². The molecule has 0 spiro atoms. The van der Waals surface area contributed by atoms with E-state index in [1.165, 1.54) is 31.6 Å². The van der Waals surface area contributed by atoms with Crippen molar-refractivity contribution < 1.29 is 31.1 Å². The number of aromatic nitrogens is 1. The summed E-state index contributed by atoms with van der Waals surface area (Å²) in [6, 6.07) is 7.86. The van der Waals surface area contributed by atoms with Gasteiger partial charge in [0, 0.05) is 44.6 Å². The van der Waals surface area contributed by atoms with Crippen molar-refractivity contribution in [3.63, 3.8) is 0 Å². The molecule has 1 aliphatic heterocycles. The Labute approximate surface area is 224 Å². The average molecular weight is 558 g/mol. The SMILES string of the molecule is CN(CCN(Cc1ncccc1C(F)(F)F)C(=O)CNc1cccc2c1CN(CC1CC1)CC2)CC(F)(F)F. The van der Waals surface area contributed by atoms with Gasteiger partial charge in [0.05, 0.1) is 30.9 Å². The molecule has 6 nitrogen and oxygen atoms in total. The summed E-state index contributed by atoms with van der Waals surface area (Å²) in [7, 11) is 1.25. The first-order valence-corrected chi connectivity index (χ1v) is 13.0. The van der Waals surface area contributed by atoms with E-state index in [0.29, 0.717) is 0 Å². The van der Waals surface area contributed by atoms with E-state index in [2.05, 4.69) is 21.3 Å². The van der Waals surface area contributed by atoms with Crippen molar-refractivity contribution in [2.45, 2.75) is 44.7 Å². The Morgan fingerprint density at radius 3 is 2.56 bits per heavy atom. The predicted octanol–water partition coefficient (Wildman–Crippen LogP) is 4.80. The van der Waals surface area contributed by atoms with Crippen LogP contribution in [0.15, 0.2) is 36.5 Å². The molecule has 1 saturated carbocycles. The van der Waals surface area contributed by atoms with E-state index in [0.717, 1.165) is 65.2 Å². The molecule has 1 aromatic heterocycles. The zero-order valence-electron chi connectivity index (χ0n) is 21.8. The minimum absolute atomic E-state index is 0.170. The number of nitrogens with one attached hydrogen (secondary N) is 1. The number of carbonyl (C=O) groups excluding carboxylic acids is 1. The zero-order valence-corrected chi connectivity index (χ0v) is 21.8. The van der Waals surface area contributed by atoms with Crippen LogP contribution in [0.2, 0.25) is 0 Å². The molecule has 0 radical (unpaired) electrons. The number of benzene rings is 1. The number of amides is 1. The molecule has 12 heteroatoms. The number of alkyl halides is 6. The molecule has 0 saturated heterocycles. The second-order valence-electron chi connectivity index (χ2n) is 10.4. The van der Waals surface area contributed by atoms with Crippen molar-refractivity contribution in [2.75, 3.05) is 51.6 Å². The number of nitrogens with zero attached hydrogens (tertiary/aromatic N) is 4. The summed E-state index contributed by atoms with van der Waals surface area (Å²) < 4.78 is 79.0. The molecule has 2 heterocycles. The summed E-state index contributed by atoms with van der Waals surface area (Å²) in [6.07, 6.45) is -4.53. The fraction of sp³-hybridized carbons (Fsp3) is 0.556. The van der Waals surface area contributed by atoms with Crippen LogP contribution in [-0.2, 0) is 30.5 Å². The van der Waals surface area contributed by atoms with Crippen LogP contribution in [0, 0.1) is 5.92 Å². The summed E-state index contributed by atoms with van der Waals surface area (Å²) in [5.74, 6) is 0.211. The second kappa shape index (κ2) is 12.1. The fourth-order valence-corrected chi connectivity index (χ4v) is 4.88. The van der Waals surface area contributed by atoms with Crippen molar-refractivity contribution in [2.24, 2.45) is 5.92 Å². The molecule has 214 valence electrons. The molecule has 1 fully saturated rings. The number of carbonyl (C=O) groups is 1. The summed E-state index contributed by atoms with van der Waals surface area (Å²) in [6.45, 7) is 0.512. The number of pyridine rings is 1. The van der Waals surface area contributed by atoms with Crippen LogP contribution in [0.4, 0.5) is 32.0 Å². The smallest absolute Gasteiger partial charge is 0.376 e. The summed E-state index contributed by atoms with van der Waals surface area (Å²) in [4.78, 5) is 21.6. The molecular weight excluding hydrogens is 524 g/mol. The number of hydrogen-bond donors (Lipinski definition) is 1. The molecule has 1 aliphatic carbocycles. The second-order valence-corrected chi connectivity index (χ2v) is 10.4. The lowest BCUT2D eigenvalue weighted by Crippen LogP contribution is -2.42. The molecule has 1 aromatic carbocycles. The summed E-state index contributed by atoms with van der Waals surface area (Å²) in [5.41, 5.74) is 1.73. The van der Waals surface area contributed by atoms with Crippen molar-refractivity contribution >= 4 is 11.6 Å². The van der Waals surface area contributed by atoms with Gasteiger partial charge in [-0.05, 0) is 61.6 Å². The molecular formula is C27H33F6N5O. The summed E-state index contributed by atoms with van der Waals surface area (Å²) >= 11 is 0. The molecule has 2 aromatic rings. The summed E-state index contributed by atoms with van der Waals surface area (Å²) in [5, 5.41) is 3.14. The number of halogens is 6.